The van der Waals surface area contributed by atoms with Gasteiger partial charge in [-0.15, -0.1) is 0 Å². The number of fused-ring (bicyclic) bond motifs is 1. The van der Waals surface area contributed by atoms with E-state index in [0.717, 1.165) is 12.1 Å². The molecule has 0 aliphatic rings. The zero-order chi connectivity index (χ0) is 23.3. The van der Waals surface area contributed by atoms with Gasteiger partial charge in [-0.1, -0.05) is 18.1 Å². The highest BCUT2D eigenvalue weighted by atomic mass is 19.4. The summed E-state index contributed by atoms with van der Waals surface area (Å²) in [7, 11) is 3.82. The van der Waals surface area contributed by atoms with Crippen LogP contribution in [-0.2, 0) is 15.8 Å². The van der Waals surface area contributed by atoms with Crippen LogP contribution in [0.15, 0.2) is 48.7 Å². The zero-order valence-corrected chi connectivity index (χ0v) is 17.9. The Morgan fingerprint density at radius 2 is 2.00 bits per heavy atom. The van der Waals surface area contributed by atoms with Gasteiger partial charge in [-0.25, -0.2) is 10.5 Å². The molecule has 1 aromatic carbocycles. The van der Waals surface area contributed by atoms with Crippen molar-refractivity contribution in [2.75, 3.05) is 20.6 Å². The second-order valence-corrected chi connectivity index (χ2v) is 7.46. The number of alkyl halides is 3. The number of nitrogens with zero attached hydrogens (tertiary/aromatic N) is 3. The van der Waals surface area contributed by atoms with Crippen LogP contribution in [0.5, 0.6) is 0 Å². The lowest BCUT2D eigenvalue weighted by Crippen LogP contribution is -2.26. The Bertz CT molecular complexity index is 1160. The molecule has 6 nitrogen and oxygen atoms in total. The minimum absolute atomic E-state index is 0.226. The first-order valence-corrected chi connectivity index (χ1v) is 9.88. The summed E-state index contributed by atoms with van der Waals surface area (Å²) in [5.41, 5.74) is 3.40. The van der Waals surface area contributed by atoms with E-state index in [9.17, 15) is 18.0 Å². The predicted octanol–water partition coefficient (Wildman–Crippen LogP) is 3.81. The fraction of sp³-hybridized carbons (Fsp3) is 0.304. The smallest absolute Gasteiger partial charge is 0.309 e. The lowest BCUT2D eigenvalue weighted by atomic mass is 10.1. The molecule has 1 atom stereocenters. The SMILES string of the molecule is CC(=O)NOC(CCN(C)C)c1nc2ccccn2c1C#Cc1cccc(C(F)(F)F)c1. The van der Waals surface area contributed by atoms with E-state index in [2.05, 4.69) is 22.3 Å². The summed E-state index contributed by atoms with van der Waals surface area (Å²) in [4.78, 5) is 23.6. The molecular formula is C23H23F3N4O2. The second-order valence-electron chi connectivity index (χ2n) is 7.46. The van der Waals surface area contributed by atoms with Gasteiger partial charge in [0.25, 0.3) is 0 Å². The van der Waals surface area contributed by atoms with E-state index in [-0.39, 0.29) is 11.5 Å². The van der Waals surface area contributed by atoms with Gasteiger partial charge in [0, 0.05) is 25.2 Å². The molecule has 1 N–H and O–H groups in total. The molecule has 2 heterocycles. The first kappa shape index (κ1) is 23.3. The standard InChI is InChI=1S/C23H23F3N4O2/c1-16(31)28-32-20(12-14-29(2)3)22-19(30-13-5-4-9-21(30)27-22)11-10-17-7-6-8-18(15-17)23(24,25)26/h4-9,13,15,20H,12,14H2,1-3H3,(H,28,31). The van der Waals surface area contributed by atoms with E-state index in [1.807, 2.05) is 25.1 Å². The van der Waals surface area contributed by atoms with Gasteiger partial charge in [0.1, 0.15) is 23.1 Å². The van der Waals surface area contributed by atoms with Crippen LogP contribution in [0.2, 0.25) is 0 Å². The van der Waals surface area contributed by atoms with Crippen LogP contribution in [0.4, 0.5) is 13.2 Å². The summed E-state index contributed by atoms with van der Waals surface area (Å²) in [6.07, 6.45) is -2.78. The number of imidazole rings is 1. The van der Waals surface area contributed by atoms with Gasteiger partial charge in [-0.3, -0.25) is 14.0 Å². The maximum absolute atomic E-state index is 13.0. The minimum Gasteiger partial charge on any atom is -0.309 e. The van der Waals surface area contributed by atoms with Crippen LogP contribution in [0.3, 0.4) is 0 Å². The van der Waals surface area contributed by atoms with Crippen molar-refractivity contribution in [1.82, 2.24) is 19.8 Å². The van der Waals surface area contributed by atoms with E-state index in [4.69, 9.17) is 4.84 Å². The number of hydroxylamine groups is 1. The second kappa shape index (κ2) is 9.85. The average molecular weight is 444 g/mol. The van der Waals surface area contributed by atoms with Gasteiger partial charge in [0.05, 0.1) is 5.56 Å². The van der Waals surface area contributed by atoms with Gasteiger partial charge in [-0.2, -0.15) is 13.2 Å². The zero-order valence-electron chi connectivity index (χ0n) is 17.9. The van der Waals surface area contributed by atoms with Crippen molar-refractivity contribution in [2.24, 2.45) is 0 Å². The topological polar surface area (TPSA) is 58.9 Å². The Balaban J connectivity index is 2.06. The van der Waals surface area contributed by atoms with E-state index in [1.165, 1.54) is 19.1 Å². The summed E-state index contributed by atoms with van der Waals surface area (Å²) in [6.45, 7) is 1.99. The van der Waals surface area contributed by atoms with Gasteiger partial charge >= 0.3 is 6.18 Å². The summed E-state index contributed by atoms with van der Waals surface area (Å²) in [6, 6.07) is 10.3. The van der Waals surface area contributed by atoms with Crippen LogP contribution in [0.25, 0.3) is 5.65 Å². The van der Waals surface area contributed by atoms with Crippen LogP contribution in [0, 0.1) is 11.8 Å². The summed E-state index contributed by atoms with van der Waals surface area (Å²) < 4.78 is 40.9. The predicted molar refractivity (Wildman–Crippen MR) is 113 cm³/mol. The number of carbonyl (C=O) groups excluding carboxylic acids is 1. The number of carbonyl (C=O) groups is 1. The summed E-state index contributed by atoms with van der Waals surface area (Å²) in [5.74, 6) is 5.42. The fourth-order valence-electron chi connectivity index (χ4n) is 3.05. The number of nitrogens with one attached hydrogen (secondary N) is 1. The Labute approximate surface area is 184 Å². The molecule has 0 spiro atoms. The molecule has 3 rings (SSSR count). The third kappa shape index (κ3) is 5.87. The van der Waals surface area contributed by atoms with E-state index < -0.39 is 17.8 Å². The molecule has 0 bridgehead atoms. The largest absolute Gasteiger partial charge is 0.416 e. The number of aromatic nitrogens is 2. The number of amides is 1. The molecule has 0 aliphatic heterocycles. The minimum atomic E-state index is -4.45. The number of rotatable bonds is 6. The first-order valence-electron chi connectivity index (χ1n) is 9.88. The molecule has 1 unspecified atom stereocenters. The maximum Gasteiger partial charge on any atom is 0.416 e. The number of hydrogen-bond donors (Lipinski definition) is 1. The van der Waals surface area contributed by atoms with Crippen molar-refractivity contribution in [1.29, 1.82) is 0 Å². The summed E-state index contributed by atoms with van der Waals surface area (Å²) in [5, 5.41) is 0. The molecule has 0 aliphatic carbocycles. The molecule has 0 radical (unpaired) electrons. The molecule has 168 valence electrons. The Morgan fingerprint density at radius 3 is 2.69 bits per heavy atom. The van der Waals surface area contributed by atoms with Gasteiger partial charge in [-0.05, 0) is 56.8 Å². The van der Waals surface area contributed by atoms with E-state index in [0.29, 0.717) is 30.0 Å². The lowest BCUT2D eigenvalue weighted by Gasteiger charge is -2.18. The highest BCUT2D eigenvalue weighted by Gasteiger charge is 2.30. The average Bonchev–Trinajstić information content (AvgIpc) is 3.10. The molecular weight excluding hydrogens is 421 g/mol. The maximum atomic E-state index is 13.0. The highest BCUT2D eigenvalue weighted by Crippen LogP contribution is 2.29. The van der Waals surface area contributed by atoms with Crippen molar-refractivity contribution in [3.63, 3.8) is 0 Å². The molecule has 2 aromatic heterocycles. The Morgan fingerprint density at radius 1 is 1.22 bits per heavy atom. The number of pyridine rings is 1. The molecule has 1 amide bonds. The number of hydrogen-bond acceptors (Lipinski definition) is 4. The highest BCUT2D eigenvalue weighted by molar-refractivity contribution is 5.71. The Kier molecular flexibility index (Phi) is 7.18. The Hall–Kier alpha value is -3.35. The number of benzene rings is 1. The molecule has 3 aromatic rings. The first-order chi connectivity index (χ1) is 15.1. The van der Waals surface area contributed by atoms with Crippen molar-refractivity contribution >= 4 is 11.6 Å². The van der Waals surface area contributed by atoms with Crippen LogP contribution in [0.1, 0.15) is 42.0 Å². The molecule has 0 saturated carbocycles. The van der Waals surface area contributed by atoms with Gasteiger partial charge in [0.15, 0.2) is 0 Å². The molecule has 9 heteroatoms. The van der Waals surface area contributed by atoms with E-state index in [1.54, 1.807) is 22.7 Å². The lowest BCUT2D eigenvalue weighted by molar-refractivity contribution is -0.138. The van der Waals surface area contributed by atoms with Crippen LogP contribution < -0.4 is 5.48 Å². The monoisotopic (exact) mass is 444 g/mol. The van der Waals surface area contributed by atoms with Crippen molar-refractivity contribution < 1.29 is 22.8 Å². The van der Waals surface area contributed by atoms with Crippen molar-refractivity contribution in [3.8, 4) is 11.8 Å². The number of halogens is 3. The van der Waals surface area contributed by atoms with Crippen molar-refractivity contribution in [2.45, 2.75) is 25.6 Å². The molecule has 0 fully saturated rings. The van der Waals surface area contributed by atoms with Gasteiger partial charge in [0.2, 0.25) is 5.91 Å². The quantitative estimate of drug-likeness (QED) is 0.464. The van der Waals surface area contributed by atoms with Crippen LogP contribution >= 0.6 is 0 Å². The third-order valence-corrected chi connectivity index (χ3v) is 4.56. The third-order valence-electron chi connectivity index (χ3n) is 4.56. The molecule has 32 heavy (non-hydrogen) atoms. The van der Waals surface area contributed by atoms with Crippen molar-refractivity contribution in [3.05, 3.63) is 71.2 Å². The summed E-state index contributed by atoms with van der Waals surface area (Å²) >= 11 is 0. The van der Waals surface area contributed by atoms with E-state index >= 15 is 0 Å². The molecule has 0 saturated heterocycles. The fourth-order valence-corrected chi connectivity index (χ4v) is 3.05. The van der Waals surface area contributed by atoms with Crippen LogP contribution in [-0.4, -0.2) is 40.8 Å². The van der Waals surface area contributed by atoms with Gasteiger partial charge < -0.3 is 4.90 Å². The normalized spacial score (nSPS) is 12.5.